The fraction of sp³-hybridized carbons (Fsp3) is 0.818. The highest BCUT2D eigenvalue weighted by atomic mass is 16.5. The van der Waals surface area contributed by atoms with Crippen molar-refractivity contribution >= 4 is 5.97 Å². The smallest absolute Gasteiger partial charge is 0.309 e. The van der Waals surface area contributed by atoms with Crippen LogP contribution in [0.4, 0.5) is 0 Å². The Morgan fingerprint density at radius 1 is 1.43 bits per heavy atom. The molecule has 0 amide bonds. The van der Waals surface area contributed by atoms with Gasteiger partial charge in [-0.05, 0) is 6.42 Å². The molecule has 0 aromatic heterocycles. The summed E-state index contributed by atoms with van der Waals surface area (Å²) in [6.07, 6.45) is 4.65. The van der Waals surface area contributed by atoms with Gasteiger partial charge in [0.2, 0.25) is 0 Å². The molecule has 0 spiro atoms. The highest BCUT2D eigenvalue weighted by Crippen LogP contribution is 2.05. The van der Waals surface area contributed by atoms with Crippen molar-refractivity contribution in [1.29, 1.82) is 5.26 Å². The van der Waals surface area contributed by atoms with E-state index >= 15 is 0 Å². The molecular weight excluding hydrogens is 178 g/mol. The number of hydrogen-bond donors (Lipinski definition) is 0. The third kappa shape index (κ3) is 6.47. The van der Waals surface area contributed by atoms with Crippen LogP contribution < -0.4 is 0 Å². The van der Waals surface area contributed by atoms with E-state index in [4.69, 9.17) is 10.00 Å². The predicted octanol–water partition coefficient (Wildman–Crippen LogP) is 2.66. The zero-order chi connectivity index (χ0) is 10.8. The van der Waals surface area contributed by atoms with Gasteiger partial charge in [0.05, 0.1) is 18.6 Å². The monoisotopic (exact) mass is 197 g/mol. The van der Waals surface area contributed by atoms with Gasteiger partial charge >= 0.3 is 5.97 Å². The van der Waals surface area contributed by atoms with Crippen molar-refractivity contribution in [2.75, 3.05) is 6.61 Å². The molecule has 0 aromatic carbocycles. The zero-order valence-corrected chi connectivity index (χ0v) is 9.08. The van der Waals surface area contributed by atoms with Gasteiger partial charge in [0.1, 0.15) is 0 Å². The number of esters is 1. The van der Waals surface area contributed by atoms with Gasteiger partial charge in [0.15, 0.2) is 0 Å². The molecule has 0 fully saturated rings. The van der Waals surface area contributed by atoms with Gasteiger partial charge in [-0.25, -0.2) is 0 Å². The summed E-state index contributed by atoms with van der Waals surface area (Å²) >= 11 is 0. The molecule has 0 bridgehead atoms. The summed E-state index contributed by atoms with van der Waals surface area (Å²) in [6.45, 7) is 4.35. The lowest BCUT2D eigenvalue weighted by Gasteiger charge is -2.07. The topological polar surface area (TPSA) is 50.1 Å². The average Bonchev–Trinajstić information content (AvgIpc) is 2.17. The Balaban J connectivity index is 3.40. The van der Waals surface area contributed by atoms with E-state index in [-0.39, 0.29) is 18.3 Å². The first-order valence-corrected chi connectivity index (χ1v) is 5.26. The largest absolute Gasteiger partial charge is 0.465 e. The van der Waals surface area contributed by atoms with E-state index in [2.05, 4.69) is 6.92 Å². The molecule has 0 N–H and O–H groups in total. The maximum Gasteiger partial charge on any atom is 0.309 e. The molecule has 0 aliphatic carbocycles. The lowest BCUT2D eigenvalue weighted by molar-refractivity contribution is -0.147. The molecule has 0 saturated carbocycles. The minimum Gasteiger partial charge on any atom is -0.465 e. The molecule has 3 nitrogen and oxygen atoms in total. The molecule has 0 aliphatic heterocycles. The van der Waals surface area contributed by atoms with Crippen LogP contribution in [0.1, 0.15) is 46.0 Å². The number of nitriles is 1. The number of ether oxygens (including phenoxy) is 1. The molecule has 0 radical (unpaired) electrons. The summed E-state index contributed by atoms with van der Waals surface area (Å²) in [4.78, 5) is 11.2. The molecule has 0 heterocycles. The number of carbonyl (C=O) groups is 1. The summed E-state index contributed by atoms with van der Waals surface area (Å²) in [5, 5.41) is 8.37. The SMILES string of the molecule is CCCCCCOC(=O)C(C)CC#N. The number of unbranched alkanes of at least 4 members (excludes halogenated alkanes) is 3. The first kappa shape index (κ1) is 13.0. The minimum absolute atomic E-state index is 0.244. The standard InChI is InChI=1S/C11H19NO2/c1-3-4-5-6-9-14-11(13)10(2)7-8-12/h10H,3-7,9H2,1-2H3. The van der Waals surface area contributed by atoms with E-state index in [0.29, 0.717) is 6.61 Å². The van der Waals surface area contributed by atoms with Crippen LogP contribution in [-0.2, 0) is 9.53 Å². The molecule has 14 heavy (non-hydrogen) atoms. The van der Waals surface area contributed by atoms with Gasteiger partial charge < -0.3 is 4.74 Å². The van der Waals surface area contributed by atoms with Crippen molar-refractivity contribution in [3.8, 4) is 6.07 Å². The van der Waals surface area contributed by atoms with Crippen molar-refractivity contribution in [1.82, 2.24) is 0 Å². The van der Waals surface area contributed by atoms with Crippen LogP contribution in [0.5, 0.6) is 0 Å². The quantitative estimate of drug-likeness (QED) is 0.465. The predicted molar refractivity (Wildman–Crippen MR) is 54.5 cm³/mol. The van der Waals surface area contributed by atoms with Gasteiger partial charge in [-0.3, -0.25) is 4.79 Å². The first-order valence-electron chi connectivity index (χ1n) is 5.26. The van der Waals surface area contributed by atoms with Crippen LogP contribution >= 0.6 is 0 Å². The number of nitrogens with zero attached hydrogens (tertiary/aromatic N) is 1. The summed E-state index contributed by atoms with van der Waals surface area (Å²) in [6, 6.07) is 1.96. The highest BCUT2D eigenvalue weighted by Gasteiger charge is 2.12. The molecule has 0 aliphatic rings. The Bertz CT molecular complexity index is 196. The van der Waals surface area contributed by atoms with Crippen molar-refractivity contribution < 1.29 is 9.53 Å². The normalized spacial score (nSPS) is 11.8. The Morgan fingerprint density at radius 3 is 2.71 bits per heavy atom. The van der Waals surface area contributed by atoms with Crippen molar-refractivity contribution in [2.24, 2.45) is 5.92 Å². The van der Waals surface area contributed by atoms with Crippen LogP contribution in [0.2, 0.25) is 0 Å². The zero-order valence-electron chi connectivity index (χ0n) is 9.08. The van der Waals surface area contributed by atoms with Crippen LogP contribution in [0.15, 0.2) is 0 Å². The van der Waals surface area contributed by atoms with E-state index in [1.807, 2.05) is 6.07 Å². The summed E-state index contributed by atoms with van der Waals surface area (Å²) in [7, 11) is 0. The molecule has 1 atom stereocenters. The highest BCUT2D eigenvalue weighted by molar-refractivity contribution is 5.72. The molecule has 1 unspecified atom stereocenters. The molecule has 3 heteroatoms. The lowest BCUT2D eigenvalue weighted by Crippen LogP contribution is -2.14. The lowest BCUT2D eigenvalue weighted by atomic mass is 10.1. The fourth-order valence-electron chi connectivity index (χ4n) is 1.06. The number of rotatable bonds is 7. The maximum absolute atomic E-state index is 11.2. The van der Waals surface area contributed by atoms with Gasteiger partial charge in [-0.1, -0.05) is 33.1 Å². The van der Waals surface area contributed by atoms with E-state index in [0.717, 1.165) is 12.8 Å². The fourth-order valence-corrected chi connectivity index (χ4v) is 1.06. The Labute approximate surface area is 86.1 Å². The van der Waals surface area contributed by atoms with E-state index < -0.39 is 0 Å². The Morgan fingerprint density at radius 2 is 2.14 bits per heavy atom. The van der Waals surface area contributed by atoms with E-state index in [1.165, 1.54) is 12.8 Å². The summed E-state index contributed by atoms with van der Waals surface area (Å²) < 4.78 is 5.01. The second-order valence-corrected chi connectivity index (χ2v) is 3.49. The van der Waals surface area contributed by atoms with Crippen molar-refractivity contribution in [3.05, 3.63) is 0 Å². The molecule has 0 aromatic rings. The van der Waals surface area contributed by atoms with Crippen molar-refractivity contribution in [3.63, 3.8) is 0 Å². The second-order valence-electron chi connectivity index (χ2n) is 3.49. The molecular formula is C11H19NO2. The van der Waals surface area contributed by atoms with Crippen molar-refractivity contribution in [2.45, 2.75) is 46.0 Å². The Kier molecular flexibility index (Phi) is 7.92. The van der Waals surface area contributed by atoms with Crippen LogP contribution in [0.25, 0.3) is 0 Å². The number of hydrogen-bond acceptors (Lipinski definition) is 3. The van der Waals surface area contributed by atoms with Gasteiger partial charge in [0.25, 0.3) is 0 Å². The summed E-state index contributed by atoms with van der Waals surface area (Å²) in [5.74, 6) is -0.533. The van der Waals surface area contributed by atoms with Gasteiger partial charge in [-0.2, -0.15) is 5.26 Å². The second kappa shape index (κ2) is 8.55. The molecule has 0 saturated heterocycles. The molecule has 80 valence electrons. The van der Waals surface area contributed by atoms with Gasteiger partial charge in [0, 0.05) is 6.42 Å². The molecule has 0 rings (SSSR count). The average molecular weight is 197 g/mol. The first-order chi connectivity index (χ1) is 6.72. The number of carbonyl (C=O) groups excluding carboxylic acids is 1. The summed E-state index contributed by atoms with van der Waals surface area (Å²) in [5.41, 5.74) is 0. The van der Waals surface area contributed by atoms with E-state index in [9.17, 15) is 4.79 Å². The third-order valence-electron chi connectivity index (χ3n) is 2.04. The Hall–Kier alpha value is -1.04. The van der Waals surface area contributed by atoms with Crippen LogP contribution in [-0.4, -0.2) is 12.6 Å². The minimum atomic E-state index is -0.286. The maximum atomic E-state index is 11.2. The van der Waals surface area contributed by atoms with Gasteiger partial charge in [-0.15, -0.1) is 0 Å². The third-order valence-corrected chi connectivity index (χ3v) is 2.04. The van der Waals surface area contributed by atoms with E-state index in [1.54, 1.807) is 6.92 Å². The van der Waals surface area contributed by atoms with Crippen LogP contribution in [0, 0.1) is 17.2 Å². The van der Waals surface area contributed by atoms with Crippen LogP contribution in [0.3, 0.4) is 0 Å².